The van der Waals surface area contributed by atoms with Crippen LogP contribution < -0.4 is 5.32 Å². The minimum atomic E-state index is -0.276. The van der Waals surface area contributed by atoms with E-state index in [1.165, 1.54) is 19.3 Å². The van der Waals surface area contributed by atoms with Crippen LogP contribution in [0.3, 0.4) is 0 Å². The van der Waals surface area contributed by atoms with Gasteiger partial charge >= 0.3 is 0 Å². The van der Waals surface area contributed by atoms with Crippen molar-refractivity contribution in [3.63, 3.8) is 0 Å². The van der Waals surface area contributed by atoms with Gasteiger partial charge in [-0.2, -0.15) is 0 Å². The van der Waals surface area contributed by atoms with E-state index < -0.39 is 0 Å². The van der Waals surface area contributed by atoms with Gasteiger partial charge in [0.1, 0.15) is 11.4 Å². The lowest BCUT2D eigenvalue weighted by Crippen LogP contribution is -2.34. The smallest absolute Gasteiger partial charge is 0.162 e. The minimum Gasteiger partial charge on any atom is -0.373 e. The van der Waals surface area contributed by atoms with Crippen molar-refractivity contribution in [1.29, 1.82) is 0 Å². The molecule has 106 valence electrons. The lowest BCUT2D eigenvalue weighted by molar-refractivity contribution is -0.0515. The van der Waals surface area contributed by atoms with E-state index in [1.54, 1.807) is 7.11 Å². The van der Waals surface area contributed by atoms with E-state index in [0.717, 1.165) is 42.2 Å². The monoisotopic (exact) mass is 263 g/mol. The summed E-state index contributed by atoms with van der Waals surface area (Å²) in [5.74, 6) is 1.80. The van der Waals surface area contributed by atoms with Crippen LogP contribution in [0.4, 0.5) is 5.82 Å². The normalized spacial score (nSPS) is 18.3. The van der Waals surface area contributed by atoms with Crippen molar-refractivity contribution in [1.82, 2.24) is 9.97 Å². The molecule has 1 aliphatic carbocycles. The van der Waals surface area contributed by atoms with Gasteiger partial charge in [-0.3, -0.25) is 0 Å². The molecule has 0 radical (unpaired) electrons. The molecule has 0 atom stereocenters. The highest BCUT2D eigenvalue weighted by Gasteiger charge is 2.37. The van der Waals surface area contributed by atoms with Crippen LogP contribution in [0.25, 0.3) is 0 Å². The number of hydrogen-bond donors (Lipinski definition) is 1. The van der Waals surface area contributed by atoms with Crippen LogP contribution in [0, 0.1) is 6.92 Å². The largest absolute Gasteiger partial charge is 0.373 e. The van der Waals surface area contributed by atoms with E-state index in [1.807, 2.05) is 7.05 Å². The third kappa shape index (κ3) is 2.59. The van der Waals surface area contributed by atoms with Crippen molar-refractivity contribution in [3.05, 3.63) is 17.1 Å². The molecule has 0 aromatic carbocycles. The summed E-state index contributed by atoms with van der Waals surface area (Å²) >= 11 is 0. The summed E-state index contributed by atoms with van der Waals surface area (Å²) in [4.78, 5) is 9.51. The molecule has 0 unspecified atom stereocenters. The molecule has 0 bridgehead atoms. The molecule has 1 saturated carbocycles. The van der Waals surface area contributed by atoms with Gasteiger partial charge in [0.25, 0.3) is 0 Å². The van der Waals surface area contributed by atoms with Gasteiger partial charge in [0.05, 0.1) is 0 Å². The van der Waals surface area contributed by atoms with Gasteiger partial charge in [-0.1, -0.05) is 26.2 Å². The number of anilines is 1. The average molecular weight is 263 g/mol. The molecule has 1 aliphatic rings. The third-order valence-corrected chi connectivity index (χ3v) is 4.28. The van der Waals surface area contributed by atoms with Crippen LogP contribution in [0.2, 0.25) is 0 Å². The second kappa shape index (κ2) is 5.87. The van der Waals surface area contributed by atoms with Crippen LogP contribution in [0.1, 0.15) is 56.1 Å². The number of hydrogen-bond acceptors (Lipinski definition) is 4. The zero-order valence-corrected chi connectivity index (χ0v) is 12.5. The summed E-state index contributed by atoms with van der Waals surface area (Å²) in [6.45, 7) is 4.22. The van der Waals surface area contributed by atoms with Crippen LogP contribution in [0.15, 0.2) is 0 Å². The first kappa shape index (κ1) is 14.3. The molecule has 0 aliphatic heterocycles. The van der Waals surface area contributed by atoms with Crippen LogP contribution in [-0.2, 0) is 16.8 Å². The SMILES string of the molecule is CCc1nc(C2(OC)CCCCC2)nc(NC)c1C. The summed E-state index contributed by atoms with van der Waals surface area (Å²) in [7, 11) is 3.71. The molecule has 0 amide bonds. The van der Waals surface area contributed by atoms with Crippen molar-refractivity contribution in [2.75, 3.05) is 19.5 Å². The van der Waals surface area contributed by atoms with E-state index in [2.05, 4.69) is 19.2 Å². The second-order valence-corrected chi connectivity index (χ2v) is 5.33. The fourth-order valence-corrected chi connectivity index (χ4v) is 3.00. The maximum absolute atomic E-state index is 5.85. The lowest BCUT2D eigenvalue weighted by Gasteiger charge is -2.35. The quantitative estimate of drug-likeness (QED) is 0.906. The summed E-state index contributed by atoms with van der Waals surface area (Å²) < 4.78 is 5.85. The topological polar surface area (TPSA) is 47.0 Å². The number of aryl methyl sites for hydroxylation is 1. The molecular formula is C15H25N3O. The van der Waals surface area contributed by atoms with Crippen LogP contribution >= 0.6 is 0 Å². The Morgan fingerprint density at radius 2 is 1.89 bits per heavy atom. The molecular weight excluding hydrogens is 238 g/mol. The van der Waals surface area contributed by atoms with Crippen molar-refractivity contribution in [2.24, 2.45) is 0 Å². The maximum Gasteiger partial charge on any atom is 0.162 e. The van der Waals surface area contributed by atoms with Gasteiger partial charge in [-0.05, 0) is 26.2 Å². The maximum atomic E-state index is 5.85. The van der Waals surface area contributed by atoms with E-state index in [4.69, 9.17) is 14.7 Å². The first-order chi connectivity index (χ1) is 9.16. The Labute approximate surface area is 116 Å². The molecule has 4 heteroatoms. The molecule has 0 spiro atoms. The zero-order chi connectivity index (χ0) is 13.9. The molecule has 1 N–H and O–H groups in total. The molecule has 1 heterocycles. The Kier molecular flexibility index (Phi) is 4.40. The second-order valence-electron chi connectivity index (χ2n) is 5.33. The molecule has 1 aromatic heterocycles. The molecule has 0 saturated heterocycles. The van der Waals surface area contributed by atoms with Crippen molar-refractivity contribution in [2.45, 2.75) is 58.0 Å². The van der Waals surface area contributed by atoms with Gasteiger partial charge in [0.15, 0.2) is 5.82 Å². The van der Waals surface area contributed by atoms with E-state index in [-0.39, 0.29) is 5.60 Å². The fraction of sp³-hybridized carbons (Fsp3) is 0.733. The van der Waals surface area contributed by atoms with Gasteiger partial charge in [0.2, 0.25) is 0 Å². The number of methoxy groups -OCH3 is 1. The Hall–Kier alpha value is -1.16. The molecule has 1 aromatic rings. The number of aromatic nitrogens is 2. The fourth-order valence-electron chi connectivity index (χ4n) is 3.00. The van der Waals surface area contributed by atoms with Crippen molar-refractivity contribution in [3.8, 4) is 0 Å². The summed E-state index contributed by atoms with van der Waals surface area (Å²) in [6, 6.07) is 0. The number of ether oxygens (including phenoxy) is 1. The van der Waals surface area contributed by atoms with E-state index in [0.29, 0.717) is 0 Å². The average Bonchev–Trinajstić information content (AvgIpc) is 2.48. The number of nitrogens with one attached hydrogen (secondary N) is 1. The molecule has 1 fully saturated rings. The summed E-state index contributed by atoms with van der Waals surface area (Å²) in [5.41, 5.74) is 1.99. The summed E-state index contributed by atoms with van der Waals surface area (Å²) in [5, 5.41) is 3.18. The van der Waals surface area contributed by atoms with Crippen LogP contribution in [-0.4, -0.2) is 24.1 Å². The third-order valence-electron chi connectivity index (χ3n) is 4.28. The van der Waals surface area contributed by atoms with Gasteiger partial charge in [0, 0.05) is 25.4 Å². The molecule has 4 nitrogen and oxygen atoms in total. The molecule has 19 heavy (non-hydrogen) atoms. The lowest BCUT2D eigenvalue weighted by atomic mass is 9.83. The highest BCUT2D eigenvalue weighted by molar-refractivity contribution is 5.45. The van der Waals surface area contributed by atoms with Gasteiger partial charge < -0.3 is 10.1 Å². The minimum absolute atomic E-state index is 0.276. The Morgan fingerprint density at radius 3 is 2.42 bits per heavy atom. The first-order valence-corrected chi connectivity index (χ1v) is 7.27. The van der Waals surface area contributed by atoms with Crippen molar-refractivity contribution < 1.29 is 4.74 Å². The van der Waals surface area contributed by atoms with Crippen molar-refractivity contribution >= 4 is 5.82 Å². The predicted octanol–water partition coefficient (Wildman–Crippen LogP) is 3.19. The zero-order valence-electron chi connectivity index (χ0n) is 12.5. The Balaban J connectivity index is 2.48. The first-order valence-electron chi connectivity index (χ1n) is 7.27. The number of rotatable bonds is 4. The van der Waals surface area contributed by atoms with E-state index in [9.17, 15) is 0 Å². The predicted molar refractivity (Wildman–Crippen MR) is 77.5 cm³/mol. The molecule has 2 rings (SSSR count). The standard InChI is InChI=1S/C15H25N3O/c1-5-12-11(2)13(16-3)18-14(17-12)15(19-4)9-7-6-8-10-15/h5-10H2,1-4H3,(H,16,17,18). The highest BCUT2D eigenvalue weighted by atomic mass is 16.5. The van der Waals surface area contributed by atoms with Gasteiger partial charge in [-0.25, -0.2) is 9.97 Å². The van der Waals surface area contributed by atoms with Crippen LogP contribution in [0.5, 0.6) is 0 Å². The highest BCUT2D eigenvalue weighted by Crippen LogP contribution is 2.39. The van der Waals surface area contributed by atoms with E-state index >= 15 is 0 Å². The number of nitrogens with zero attached hydrogens (tertiary/aromatic N) is 2. The Morgan fingerprint density at radius 1 is 1.21 bits per heavy atom. The Bertz CT molecular complexity index is 414. The summed E-state index contributed by atoms with van der Waals surface area (Å²) in [6.07, 6.45) is 6.66. The van der Waals surface area contributed by atoms with Gasteiger partial charge in [-0.15, -0.1) is 0 Å².